The number of aryl methyl sites for hydroxylation is 3. The minimum absolute atomic E-state index is 0.277. The lowest BCUT2D eigenvalue weighted by Gasteiger charge is -2.41. The Morgan fingerprint density at radius 3 is 1.95 bits per heavy atom. The van der Waals surface area contributed by atoms with E-state index in [2.05, 4.69) is 124 Å². The smallest absolute Gasteiger partial charge is 0.0620 e. The Morgan fingerprint density at radius 2 is 1.27 bits per heavy atom. The summed E-state index contributed by atoms with van der Waals surface area (Å²) in [7, 11) is 0. The molecular formula is C37H32. The van der Waals surface area contributed by atoms with Crippen molar-refractivity contribution in [3.05, 3.63) is 164 Å². The first-order valence-corrected chi connectivity index (χ1v) is 13.6. The molecule has 180 valence electrons. The Morgan fingerprint density at radius 1 is 0.595 bits per heavy atom. The van der Waals surface area contributed by atoms with Gasteiger partial charge >= 0.3 is 0 Å². The lowest BCUT2D eigenvalue weighted by molar-refractivity contribution is 0.712. The molecule has 0 aromatic heterocycles. The van der Waals surface area contributed by atoms with Gasteiger partial charge in [0.05, 0.1) is 5.41 Å². The summed E-state index contributed by atoms with van der Waals surface area (Å²) in [5.74, 6) is 0. The fraction of sp³-hybridized carbons (Fsp3) is 0.189. The van der Waals surface area contributed by atoms with Crippen LogP contribution in [-0.2, 0) is 24.7 Å². The Bertz CT molecular complexity index is 1620. The lowest BCUT2D eigenvalue weighted by atomic mass is 9.60. The first kappa shape index (κ1) is 22.3. The first-order valence-electron chi connectivity index (χ1n) is 13.6. The predicted molar refractivity (Wildman–Crippen MR) is 155 cm³/mol. The second-order valence-electron chi connectivity index (χ2n) is 11.0. The minimum Gasteiger partial charge on any atom is -0.0620 e. The first-order chi connectivity index (χ1) is 18.1. The van der Waals surface area contributed by atoms with Crippen molar-refractivity contribution in [2.75, 3.05) is 0 Å². The topological polar surface area (TPSA) is 0 Å². The molecule has 0 heteroatoms. The zero-order valence-corrected chi connectivity index (χ0v) is 21.9. The maximum absolute atomic E-state index is 2.53. The van der Waals surface area contributed by atoms with Gasteiger partial charge in [0, 0.05) is 0 Å². The van der Waals surface area contributed by atoms with Crippen molar-refractivity contribution in [1.29, 1.82) is 0 Å². The number of hydrogen-bond acceptors (Lipinski definition) is 0. The fourth-order valence-corrected chi connectivity index (χ4v) is 7.34. The summed E-state index contributed by atoms with van der Waals surface area (Å²) in [6.07, 6.45) is 2.97. The van der Waals surface area contributed by atoms with Gasteiger partial charge in [0.25, 0.3) is 0 Å². The molecule has 0 atom stereocenters. The van der Waals surface area contributed by atoms with Gasteiger partial charge in [0.1, 0.15) is 0 Å². The molecule has 0 N–H and O–H groups in total. The number of hydrogen-bond donors (Lipinski definition) is 0. The average molecular weight is 477 g/mol. The van der Waals surface area contributed by atoms with Gasteiger partial charge in [-0.3, -0.25) is 0 Å². The van der Waals surface area contributed by atoms with Crippen molar-refractivity contribution < 1.29 is 0 Å². The number of benzene rings is 5. The van der Waals surface area contributed by atoms with Crippen molar-refractivity contribution >= 4 is 0 Å². The molecule has 2 aliphatic rings. The van der Waals surface area contributed by atoms with Gasteiger partial charge in [0.2, 0.25) is 0 Å². The summed E-state index contributed by atoms with van der Waals surface area (Å²) in [5, 5.41) is 0. The minimum atomic E-state index is -0.277. The van der Waals surface area contributed by atoms with E-state index in [0.717, 1.165) is 19.3 Å². The maximum Gasteiger partial charge on any atom is 0.0721 e. The molecule has 1 spiro atoms. The van der Waals surface area contributed by atoms with E-state index >= 15 is 0 Å². The molecule has 0 nitrogen and oxygen atoms in total. The van der Waals surface area contributed by atoms with Crippen molar-refractivity contribution in [3.8, 4) is 11.1 Å². The highest BCUT2D eigenvalue weighted by atomic mass is 14.5. The fourth-order valence-electron chi connectivity index (χ4n) is 7.34. The summed E-state index contributed by atoms with van der Waals surface area (Å²) in [4.78, 5) is 0. The van der Waals surface area contributed by atoms with Crippen LogP contribution in [-0.4, -0.2) is 0 Å². The van der Waals surface area contributed by atoms with Crippen molar-refractivity contribution in [2.24, 2.45) is 0 Å². The normalized spacial score (nSPS) is 14.1. The van der Waals surface area contributed by atoms with Crippen LogP contribution in [0.25, 0.3) is 11.1 Å². The van der Waals surface area contributed by atoms with Crippen LogP contribution in [0, 0.1) is 13.8 Å². The summed E-state index contributed by atoms with van der Waals surface area (Å²) in [6, 6.07) is 39.6. The van der Waals surface area contributed by atoms with Gasteiger partial charge in [-0.15, -0.1) is 0 Å². The molecule has 0 bridgehead atoms. The van der Waals surface area contributed by atoms with Crippen LogP contribution in [0.4, 0.5) is 0 Å². The molecule has 0 heterocycles. The van der Waals surface area contributed by atoms with E-state index in [0.29, 0.717) is 0 Å². The van der Waals surface area contributed by atoms with Gasteiger partial charge < -0.3 is 0 Å². The zero-order chi connectivity index (χ0) is 25.1. The van der Waals surface area contributed by atoms with Crippen LogP contribution in [0.5, 0.6) is 0 Å². The van der Waals surface area contributed by atoms with E-state index in [1.807, 2.05) is 0 Å². The highest BCUT2D eigenvalue weighted by molar-refractivity contribution is 5.89. The Labute approximate surface area is 220 Å². The Balaban J connectivity index is 1.55. The summed E-state index contributed by atoms with van der Waals surface area (Å²) < 4.78 is 0. The maximum atomic E-state index is 2.53. The second kappa shape index (κ2) is 8.32. The summed E-state index contributed by atoms with van der Waals surface area (Å²) >= 11 is 0. The van der Waals surface area contributed by atoms with Crippen LogP contribution in [0.2, 0.25) is 0 Å². The van der Waals surface area contributed by atoms with Gasteiger partial charge in [-0.05, 0) is 94.3 Å². The zero-order valence-electron chi connectivity index (χ0n) is 21.9. The molecular weight excluding hydrogens is 444 g/mol. The molecule has 5 aromatic carbocycles. The molecule has 37 heavy (non-hydrogen) atoms. The molecule has 5 aromatic rings. The standard InChI is InChI=1S/C37H32/c1-4-28-12-9-13-32-31-17-16-26(21-27-19-24(2)18-25(3)20-27)22-35(31)37(36(28)32)33-14-7-5-10-29(33)23-30-11-6-8-15-34(30)37/h5-20,22H,4,21,23H2,1-3H3. The molecule has 0 radical (unpaired) electrons. The monoisotopic (exact) mass is 476 g/mol. The quantitative estimate of drug-likeness (QED) is 0.239. The van der Waals surface area contributed by atoms with Crippen LogP contribution >= 0.6 is 0 Å². The second-order valence-corrected chi connectivity index (χ2v) is 11.0. The number of fused-ring (bicyclic) bond motifs is 9. The van der Waals surface area contributed by atoms with E-state index < -0.39 is 0 Å². The van der Waals surface area contributed by atoms with Gasteiger partial charge in [-0.2, -0.15) is 0 Å². The molecule has 7 rings (SSSR count). The molecule has 0 saturated carbocycles. The van der Waals surface area contributed by atoms with E-state index in [1.165, 1.54) is 72.3 Å². The van der Waals surface area contributed by atoms with Gasteiger partial charge in [0.15, 0.2) is 0 Å². The van der Waals surface area contributed by atoms with E-state index in [1.54, 1.807) is 0 Å². The third-order valence-corrected chi connectivity index (χ3v) is 8.60. The Kier molecular flexibility index (Phi) is 5.01. The highest BCUT2D eigenvalue weighted by Crippen LogP contribution is 2.60. The van der Waals surface area contributed by atoms with Crippen LogP contribution < -0.4 is 0 Å². The molecule has 0 fully saturated rings. The highest BCUT2D eigenvalue weighted by Gasteiger charge is 2.50. The van der Waals surface area contributed by atoms with Crippen LogP contribution in [0.15, 0.2) is 103 Å². The van der Waals surface area contributed by atoms with Crippen molar-refractivity contribution in [1.82, 2.24) is 0 Å². The molecule has 2 aliphatic carbocycles. The average Bonchev–Trinajstić information content (AvgIpc) is 3.19. The van der Waals surface area contributed by atoms with Crippen LogP contribution in [0.1, 0.15) is 68.1 Å². The van der Waals surface area contributed by atoms with Gasteiger partial charge in [-0.25, -0.2) is 0 Å². The van der Waals surface area contributed by atoms with Crippen molar-refractivity contribution in [3.63, 3.8) is 0 Å². The summed E-state index contributed by atoms with van der Waals surface area (Å²) in [6.45, 7) is 6.71. The van der Waals surface area contributed by atoms with E-state index in [9.17, 15) is 0 Å². The molecule has 0 amide bonds. The van der Waals surface area contributed by atoms with Crippen LogP contribution in [0.3, 0.4) is 0 Å². The molecule has 0 saturated heterocycles. The summed E-state index contributed by atoms with van der Waals surface area (Å²) in [5.41, 5.74) is 18.2. The number of rotatable bonds is 3. The van der Waals surface area contributed by atoms with E-state index in [-0.39, 0.29) is 5.41 Å². The third kappa shape index (κ3) is 3.22. The van der Waals surface area contributed by atoms with Crippen molar-refractivity contribution in [2.45, 2.75) is 45.4 Å². The SMILES string of the molecule is CCc1cccc2c1C1(c3ccccc3Cc3ccccc31)c1cc(Cc3cc(C)cc(C)c3)ccc1-2. The molecule has 0 unspecified atom stereocenters. The lowest BCUT2D eigenvalue weighted by Crippen LogP contribution is -2.35. The van der Waals surface area contributed by atoms with Gasteiger partial charge in [-0.1, -0.05) is 121 Å². The molecule has 0 aliphatic heterocycles. The third-order valence-electron chi connectivity index (χ3n) is 8.60. The van der Waals surface area contributed by atoms with E-state index in [4.69, 9.17) is 0 Å². The predicted octanol–water partition coefficient (Wildman–Crippen LogP) is 8.72. The largest absolute Gasteiger partial charge is 0.0721 e. The Hall–Kier alpha value is -3.90.